The van der Waals surface area contributed by atoms with Crippen molar-refractivity contribution in [2.24, 2.45) is 0 Å². The Labute approximate surface area is 133 Å². The predicted molar refractivity (Wildman–Crippen MR) is 87.5 cm³/mol. The van der Waals surface area contributed by atoms with Gasteiger partial charge in [0.2, 0.25) is 5.91 Å². The van der Waals surface area contributed by atoms with E-state index in [4.69, 9.17) is 0 Å². The number of aromatic nitrogens is 2. The van der Waals surface area contributed by atoms with Crippen LogP contribution < -0.4 is 5.32 Å². The quantitative estimate of drug-likeness (QED) is 0.791. The number of carbonyl (C=O) groups excluding carboxylic acids is 1. The summed E-state index contributed by atoms with van der Waals surface area (Å²) in [6.45, 7) is 4.02. The molecule has 0 fully saturated rings. The van der Waals surface area contributed by atoms with Gasteiger partial charge in [-0.05, 0) is 18.9 Å². The molecule has 6 heteroatoms. The minimum Gasteiger partial charge on any atom is -0.348 e. The molecule has 2 rings (SSSR count). The van der Waals surface area contributed by atoms with Gasteiger partial charge in [-0.25, -0.2) is 0 Å². The molecule has 112 valence electrons. The summed E-state index contributed by atoms with van der Waals surface area (Å²) >= 11 is 2.90. The molecule has 2 atom stereocenters. The third kappa shape index (κ3) is 4.82. The van der Waals surface area contributed by atoms with Crippen LogP contribution in [0.2, 0.25) is 0 Å². The van der Waals surface area contributed by atoms with Gasteiger partial charge in [0.25, 0.3) is 0 Å². The van der Waals surface area contributed by atoms with E-state index >= 15 is 0 Å². The number of benzene rings is 1. The van der Waals surface area contributed by atoms with Gasteiger partial charge >= 0.3 is 0 Å². The Balaban J connectivity index is 1.97. The van der Waals surface area contributed by atoms with E-state index in [2.05, 4.69) is 34.6 Å². The molecule has 1 amide bonds. The van der Waals surface area contributed by atoms with Crippen molar-refractivity contribution in [1.29, 1.82) is 0 Å². The third-order valence-corrected chi connectivity index (χ3v) is 4.99. The van der Waals surface area contributed by atoms with Crippen LogP contribution in [0.5, 0.6) is 0 Å². The Morgan fingerprint density at radius 2 is 2.14 bits per heavy atom. The number of thioether (sulfide) groups is 1. The van der Waals surface area contributed by atoms with Gasteiger partial charge in [-0.15, -0.1) is 10.2 Å². The normalized spacial score (nSPS) is 13.6. The topological polar surface area (TPSA) is 54.9 Å². The summed E-state index contributed by atoms with van der Waals surface area (Å²) < 4.78 is 0.824. The average Bonchev–Trinajstić information content (AvgIpc) is 3.00. The lowest BCUT2D eigenvalue weighted by atomic mass is 10.0. The average molecular weight is 321 g/mol. The summed E-state index contributed by atoms with van der Waals surface area (Å²) in [7, 11) is 0. The van der Waals surface area contributed by atoms with E-state index in [0.29, 0.717) is 0 Å². The lowest BCUT2D eigenvalue weighted by Gasteiger charge is -2.20. The largest absolute Gasteiger partial charge is 0.348 e. The molecule has 1 heterocycles. The van der Waals surface area contributed by atoms with E-state index in [9.17, 15) is 4.79 Å². The van der Waals surface area contributed by atoms with E-state index in [-0.39, 0.29) is 17.2 Å². The fourth-order valence-electron chi connectivity index (χ4n) is 2.00. The number of nitrogens with one attached hydrogen (secondary N) is 1. The van der Waals surface area contributed by atoms with Crippen molar-refractivity contribution < 1.29 is 4.79 Å². The smallest absolute Gasteiger partial charge is 0.233 e. The van der Waals surface area contributed by atoms with Crippen LogP contribution in [0.1, 0.15) is 38.3 Å². The van der Waals surface area contributed by atoms with Gasteiger partial charge in [0.1, 0.15) is 5.51 Å². The Kier molecular flexibility index (Phi) is 6.20. The molecule has 4 nitrogen and oxygen atoms in total. The summed E-state index contributed by atoms with van der Waals surface area (Å²) in [5.74, 6) is 0.0394. The molecule has 21 heavy (non-hydrogen) atoms. The number of hydrogen-bond acceptors (Lipinski definition) is 5. The molecular formula is C15H19N3OS2. The first-order valence-corrected chi connectivity index (χ1v) is 8.74. The van der Waals surface area contributed by atoms with Crippen molar-refractivity contribution in [3.05, 3.63) is 41.4 Å². The molecule has 1 aromatic heterocycles. The van der Waals surface area contributed by atoms with Gasteiger partial charge in [-0.2, -0.15) is 0 Å². The Hall–Kier alpha value is -1.40. The van der Waals surface area contributed by atoms with Crippen molar-refractivity contribution >= 4 is 29.0 Å². The van der Waals surface area contributed by atoms with Crippen LogP contribution in [0.25, 0.3) is 0 Å². The second kappa shape index (κ2) is 8.14. The predicted octanol–water partition coefficient (Wildman–Crippen LogP) is 3.68. The van der Waals surface area contributed by atoms with Crippen LogP contribution in [-0.2, 0) is 4.79 Å². The highest BCUT2D eigenvalue weighted by molar-refractivity contribution is 8.02. The molecule has 0 radical (unpaired) electrons. The summed E-state index contributed by atoms with van der Waals surface area (Å²) in [5.41, 5.74) is 2.83. The molecule has 2 aromatic rings. The monoisotopic (exact) mass is 321 g/mol. The number of nitrogens with zero attached hydrogens (tertiary/aromatic N) is 2. The first kappa shape index (κ1) is 16.0. The van der Waals surface area contributed by atoms with Crippen LogP contribution in [0, 0.1) is 0 Å². The lowest BCUT2D eigenvalue weighted by molar-refractivity contribution is -0.121. The van der Waals surface area contributed by atoms with Crippen LogP contribution >= 0.6 is 23.1 Å². The summed E-state index contributed by atoms with van der Waals surface area (Å²) in [6, 6.07) is 10.2. The van der Waals surface area contributed by atoms with E-state index in [1.54, 1.807) is 5.51 Å². The molecule has 0 bridgehead atoms. The van der Waals surface area contributed by atoms with Gasteiger partial charge in [0.15, 0.2) is 4.34 Å². The first-order valence-electron chi connectivity index (χ1n) is 6.98. The molecule has 0 saturated carbocycles. The highest BCUT2D eigenvalue weighted by Gasteiger charge is 2.20. The van der Waals surface area contributed by atoms with Crippen molar-refractivity contribution in [3.63, 3.8) is 0 Å². The molecule has 1 aromatic carbocycles. The van der Waals surface area contributed by atoms with Gasteiger partial charge in [-0.1, -0.05) is 66.8 Å². The molecule has 0 aliphatic carbocycles. The zero-order chi connectivity index (χ0) is 15.1. The Morgan fingerprint density at radius 1 is 1.38 bits per heavy atom. The van der Waals surface area contributed by atoms with E-state index < -0.39 is 0 Å². The van der Waals surface area contributed by atoms with Crippen LogP contribution in [0.15, 0.2) is 40.2 Å². The molecule has 1 N–H and O–H groups in total. The summed E-state index contributed by atoms with van der Waals surface area (Å²) in [6.07, 6.45) is 1.96. The van der Waals surface area contributed by atoms with Crippen LogP contribution in [0.4, 0.5) is 0 Å². The molecule has 0 aliphatic rings. The van der Waals surface area contributed by atoms with E-state index in [1.165, 1.54) is 23.1 Å². The number of hydrogen-bond donors (Lipinski definition) is 1. The zero-order valence-electron chi connectivity index (χ0n) is 12.2. The second-order valence-corrected chi connectivity index (χ2v) is 7.15. The fraction of sp³-hybridized carbons (Fsp3) is 0.400. The van der Waals surface area contributed by atoms with Gasteiger partial charge in [-0.3, -0.25) is 4.79 Å². The molecule has 0 spiro atoms. The molecule has 0 aliphatic heterocycles. The SMILES string of the molecule is CCC[C@@H](NC(=O)[C@H](C)Sc1nncs1)c1ccccc1. The summed E-state index contributed by atoms with van der Waals surface area (Å²) in [4.78, 5) is 12.4. The minimum atomic E-state index is -0.180. The Bertz CT molecular complexity index is 545. The van der Waals surface area contributed by atoms with Crippen LogP contribution in [0.3, 0.4) is 0 Å². The van der Waals surface area contributed by atoms with Gasteiger partial charge in [0.05, 0.1) is 11.3 Å². The highest BCUT2D eigenvalue weighted by Crippen LogP contribution is 2.25. The lowest BCUT2D eigenvalue weighted by Crippen LogP contribution is -2.34. The first-order chi connectivity index (χ1) is 10.2. The number of carbonyl (C=O) groups is 1. The molecular weight excluding hydrogens is 302 g/mol. The van der Waals surface area contributed by atoms with E-state index in [0.717, 1.165) is 22.7 Å². The summed E-state index contributed by atoms with van der Waals surface area (Å²) in [5, 5.41) is 10.7. The molecule has 0 unspecified atom stereocenters. The van der Waals surface area contributed by atoms with Gasteiger partial charge in [0, 0.05) is 0 Å². The van der Waals surface area contributed by atoms with Crippen molar-refractivity contribution in [3.8, 4) is 0 Å². The fourth-order valence-corrected chi connectivity index (χ4v) is 3.64. The maximum Gasteiger partial charge on any atom is 0.233 e. The van der Waals surface area contributed by atoms with E-state index in [1.807, 2.05) is 25.1 Å². The number of rotatable bonds is 7. The Morgan fingerprint density at radius 3 is 2.76 bits per heavy atom. The van der Waals surface area contributed by atoms with Crippen molar-refractivity contribution in [2.45, 2.75) is 42.3 Å². The third-order valence-electron chi connectivity index (χ3n) is 3.08. The van der Waals surface area contributed by atoms with Crippen molar-refractivity contribution in [1.82, 2.24) is 15.5 Å². The maximum atomic E-state index is 12.4. The zero-order valence-corrected chi connectivity index (χ0v) is 13.8. The van der Waals surface area contributed by atoms with Crippen molar-refractivity contribution in [2.75, 3.05) is 0 Å². The second-order valence-electron chi connectivity index (χ2n) is 4.73. The highest BCUT2D eigenvalue weighted by atomic mass is 32.2. The standard InChI is InChI=1S/C15H19N3OS2/c1-3-7-13(12-8-5-4-6-9-12)17-14(19)11(2)21-15-18-16-10-20-15/h4-6,8-11,13H,3,7H2,1-2H3,(H,17,19)/t11-,13+/m0/s1. The maximum absolute atomic E-state index is 12.4. The number of amides is 1. The van der Waals surface area contributed by atoms with Gasteiger partial charge < -0.3 is 5.32 Å². The minimum absolute atomic E-state index is 0.0394. The van der Waals surface area contributed by atoms with Crippen LogP contribution in [-0.4, -0.2) is 21.4 Å². The molecule has 0 saturated heterocycles.